The van der Waals surface area contributed by atoms with Gasteiger partial charge in [-0.05, 0) is 25.1 Å². The van der Waals surface area contributed by atoms with E-state index in [-0.39, 0.29) is 17.9 Å². The summed E-state index contributed by atoms with van der Waals surface area (Å²) in [5.41, 5.74) is 2.12. The molecule has 1 amide bonds. The lowest BCUT2D eigenvalue weighted by atomic mass is 10.0. The summed E-state index contributed by atoms with van der Waals surface area (Å²) in [7, 11) is 1.85. The van der Waals surface area contributed by atoms with E-state index in [1.54, 1.807) is 6.20 Å². The number of ether oxygens (including phenoxy) is 1. The number of rotatable bonds is 5. The van der Waals surface area contributed by atoms with Crippen molar-refractivity contribution in [3.8, 4) is 0 Å². The van der Waals surface area contributed by atoms with E-state index in [2.05, 4.69) is 22.5 Å². The Morgan fingerprint density at radius 2 is 2.37 bits per heavy atom. The minimum absolute atomic E-state index is 0.0320. The van der Waals surface area contributed by atoms with Gasteiger partial charge in [0.1, 0.15) is 0 Å². The van der Waals surface area contributed by atoms with E-state index in [9.17, 15) is 4.79 Å². The SMILES string of the molecule is CCc1cccnc1CNC(=O)C1COCC1NC. The lowest BCUT2D eigenvalue weighted by Crippen LogP contribution is -2.42. The van der Waals surface area contributed by atoms with Gasteiger partial charge in [-0.25, -0.2) is 0 Å². The lowest BCUT2D eigenvalue weighted by molar-refractivity contribution is -0.125. The van der Waals surface area contributed by atoms with Crippen molar-refractivity contribution < 1.29 is 9.53 Å². The largest absolute Gasteiger partial charge is 0.379 e. The molecule has 0 radical (unpaired) electrons. The summed E-state index contributed by atoms with van der Waals surface area (Å²) in [5, 5.41) is 6.07. The molecule has 1 aromatic rings. The molecule has 1 aliphatic rings. The van der Waals surface area contributed by atoms with Gasteiger partial charge in [0.2, 0.25) is 5.91 Å². The third kappa shape index (κ3) is 3.30. The van der Waals surface area contributed by atoms with Gasteiger partial charge in [-0.2, -0.15) is 0 Å². The molecule has 1 aromatic heterocycles. The van der Waals surface area contributed by atoms with Crippen LogP contribution in [0.25, 0.3) is 0 Å². The van der Waals surface area contributed by atoms with Gasteiger partial charge in [-0.15, -0.1) is 0 Å². The number of likely N-dealkylation sites (N-methyl/N-ethyl adjacent to an activating group) is 1. The second-order valence-electron chi connectivity index (χ2n) is 4.72. The van der Waals surface area contributed by atoms with Crippen molar-refractivity contribution in [1.29, 1.82) is 0 Å². The van der Waals surface area contributed by atoms with Crippen molar-refractivity contribution in [2.75, 3.05) is 20.3 Å². The molecule has 2 rings (SSSR count). The second-order valence-corrected chi connectivity index (χ2v) is 4.72. The van der Waals surface area contributed by atoms with Crippen LogP contribution in [0.5, 0.6) is 0 Å². The van der Waals surface area contributed by atoms with Crippen LogP contribution < -0.4 is 10.6 Å². The summed E-state index contributed by atoms with van der Waals surface area (Å²) in [5.74, 6) is -0.0802. The number of aryl methyl sites for hydroxylation is 1. The third-order valence-electron chi connectivity index (χ3n) is 3.58. The van der Waals surface area contributed by atoms with Crippen LogP contribution in [0.15, 0.2) is 18.3 Å². The first kappa shape index (κ1) is 14.0. The molecular weight excluding hydrogens is 242 g/mol. The first-order valence-electron chi connectivity index (χ1n) is 6.71. The highest BCUT2D eigenvalue weighted by Crippen LogP contribution is 2.14. The second kappa shape index (κ2) is 6.63. The molecule has 0 aliphatic carbocycles. The van der Waals surface area contributed by atoms with Gasteiger partial charge in [-0.1, -0.05) is 13.0 Å². The van der Waals surface area contributed by atoms with E-state index < -0.39 is 0 Å². The highest BCUT2D eigenvalue weighted by Gasteiger charge is 2.32. The average Bonchev–Trinajstić information content (AvgIpc) is 2.93. The van der Waals surface area contributed by atoms with Crippen molar-refractivity contribution in [1.82, 2.24) is 15.6 Å². The molecule has 2 N–H and O–H groups in total. The Morgan fingerprint density at radius 3 is 3.11 bits per heavy atom. The zero-order valence-electron chi connectivity index (χ0n) is 11.5. The molecule has 1 aliphatic heterocycles. The number of carbonyl (C=O) groups is 1. The molecule has 1 fully saturated rings. The molecule has 0 aromatic carbocycles. The number of aromatic nitrogens is 1. The minimum Gasteiger partial charge on any atom is -0.379 e. The zero-order valence-corrected chi connectivity index (χ0v) is 11.5. The summed E-state index contributed by atoms with van der Waals surface area (Å²) >= 11 is 0. The highest BCUT2D eigenvalue weighted by atomic mass is 16.5. The van der Waals surface area contributed by atoms with Crippen molar-refractivity contribution in [2.45, 2.75) is 25.9 Å². The molecule has 2 atom stereocenters. The van der Waals surface area contributed by atoms with E-state index in [0.29, 0.717) is 19.8 Å². The van der Waals surface area contributed by atoms with E-state index in [4.69, 9.17) is 4.74 Å². The Balaban J connectivity index is 1.93. The smallest absolute Gasteiger partial charge is 0.227 e. The van der Waals surface area contributed by atoms with Crippen LogP contribution in [0.3, 0.4) is 0 Å². The standard InChI is InChI=1S/C14H21N3O2/c1-3-10-5-4-6-16-12(10)7-17-14(18)11-8-19-9-13(11)15-2/h4-6,11,13,15H,3,7-9H2,1-2H3,(H,17,18). The Bertz CT molecular complexity index is 436. The first-order chi connectivity index (χ1) is 9.26. The highest BCUT2D eigenvalue weighted by molar-refractivity contribution is 5.79. The van der Waals surface area contributed by atoms with Crippen LogP contribution in [0.2, 0.25) is 0 Å². The maximum atomic E-state index is 12.1. The van der Waals surface area contributed by atoms with Gasteiger partial charge < -0.3 is 15.4 Å². The number of carbonyl (C=O) groups excluding carboxylic acids is 1. The molecule has 5 nitrogen and oxygen atoms in total. The van der Waals surface area contributed by atoms with Gasteiger partial charge in [0.05, 0.1) is 31.4 Å². The average molecular weight is 263 g/mol. The molecule has 2 unspecified atom stereocenters. The fourth-order valence-electron chi connectivity index (χ4n) is 2.35. The summed E-state index contributed by atoms with van der Waals surface area (Å²) in [6, 6.07) is 4.07. The molecule has 1 saturated heterocycles. The Morgan fingerprint density at radius 1 is 1.53 bits per heavy atom. The van der Waals surface area contributed by atoms with Gasteiger partial charge in [0, 0.05) is 12.2 Å². The van der Waals surface area contributed by atoms with E-state index in [1.165, 1.54) is 5.56 Å². The van der Waals surface area contributed by atoms with Crippen LogP contribution in [0.4, 0.5) is 0 Å². The molecule has 2 heterocycles. The summed E-state index contributed by atoms with van der Waals surface area (Å²) < 4.78 is 5.34. The van der Waals surface area contributed by atoms with E-state index in [1.807, 2.05) is 19.2 Å². The fourth-order valence-corrected chi connectivity index (χ4v) is 2.35. The summed E-state index contributed by atoms with van der Waals surface area (Å²) in [6.07, 6.45) is 2.68. The number of pyridine rings is 1. The maximum Gasteiger partial charge on any atom is 0.227 e. The summed E-state index contributed by atoms with van der Waals surface area (Å²) in [4.78, 5) is 16.5. The van der Waals surface area contributed by atoms with Crippen molar-refractivity contribution in [3.63, 3.8) is 0 Å². The van der Waals surface area contributed by atoms with Crippen LogP contribution >= 0.6 is 0 Å². The first-order valence-corrected chi connectivity index (χ1v) is 6.71. The number of amides is 1. The number of nitrogens with zero attached hydrogens (tertiary/aromatic N) is 1. The summed E-state index contributed by atoms with van der Waals surface area (Å²) in [6.45, 7) is 3.65. The number of nitrogens with one attached hydrogen (secondary N) is 2. The monoisotopic (exact) mass is 263 g/mol. The Labute approximate surface area is 113 Å². The predicted molar refractivity (Wildman–Crippen MR) is 72.6 cm³/mol. The molecule has 0 spiro atoms. The van der Waals surface area contributed by atoms with E-state index >= 15 is 0 Å². The predicted octanol–water partition coefficient (Wildman–Crippen LogP) is 0.495. The van der Waals surface area contributed by atoms with E-state index in [0.717, 1.165) is 12.1 Å². The molecule has 19 heavy (non-hydrogen) atoms. The molecule has 0 bridgehead atoms. The third-order valence-corrected chi connectivity index (χ3v) is 3.58. The van der Waals surface area contributed by atoms with Crippen LogP contribution in [0.1, 0.15) is 18.2 Å². The van der Waals surface area contributed by atoms with Gasteiger partial charge in [-0.3, -0.25) is 9.78 Å². The lowest BCUT2D eigenvalue weighted by Gasteiger charge is -2.16. The minimum atomic E-state index is -0.112. The maximum absolute atomic E-state index is 12.1. The molecular formula is C14H21N3O2. The Hall–Kier alpha value is -1.46. The van der Waals surface area contributed by atoms with Crippen molar-refractivity contribution in [2.24, 2.45) is 5.92 Å². The van der Waals surface area contributed by atoms with Gasteiger partial charge in [0.25, 0.3) is 0 Å². The van der Waals surface area contributed by atoms with Crippen LogP contribution in [-0.4, -0.2) is 37.2 Å². The molecule has 104 valence electrons. The zero-order chi connectivity index (χ0) is 13.7. The van der Waals surface area contributed by atoms with Crippen molar-refractivity contribution in [3.05, 3.63) is 29.6 Å². The Kier molecular flexibility index (Phi) is 4.87. The van der Waals surface area contributed by atoms with Crippen LogP contribution in [0, 0.1) is 5.92 Å². The van der Waals surface area contributed by atoms with Gasteiger partial charge in [0.15, 0.2) is 0 Å². The fraction of sp³-hybridized carbons (Fsp3) is 0.571. The quantitative estimate of drug-likeness (QED) is 0.812. The van der Waals surface area contributed by atoms with Crippen molar-refractivity contribution >= 4 is 5.91 Å². The number of hydrogen-bond acceptors (Lipinski definition) is 4. The van der Waals surface area contributed by atoms with Crippen LogP contribution in [-0.2, 0) is 22.5 Å². The molecule has 5 heteroatoms. The normalized spacial score (nSPS) is 22.4. The topological polar surface area (TPSA) is 63.2 Å². The van der Waals surface area contributed by atoms with Gasteiger partial charge >= 0.3 is 0 Å². The number of hydrogen-bond donors (Lipinski definition) is 2. The molecule has 0 saturated carbocycles.